The molecule has 0 unspecified atom stereocenters. The Morgan fingerprint density at radius 3 is 2.21 bits per heavy atom. The fourth-order valence-electron chi connectivity index (χ4n) is 3.57. The van der Waals surface area contributed by atoms with E-state index in [0.29, 0.717) is 0 Å². The summed E-state index contributed by atoms with van der Waals surface area (Å²) >= 11 is 2.94. The molecule has 0 radical (unpaired) electrons. The van der Waals surface area contributed by atoms with Crippen molar-refractivity contribution in [1.82, 2.24) is 0 Å². The lowest BCUT2D eigenvalue weighted by Gasteiger charge is -2.15. The maximum Gasteiger partial charge on any atom is 0.411 e. The Morgan fingerprint density at radius 2 is 1.62 bits per heavy atom. The summed E-state index contributed by atoms with van der Waals surface area (Å²) in [6.45, 7) is 0.0707. The fourth-order valence-corrected chi connectivity index (χ4v) is 3.92. The lowest BCUT2D eigenvalue weighted by atomic mass is 9.98. The number of halogens is 2. The average Bonchev–Trinajstić information content (AvgIpc) is 3.03. The Morgan fingerprint density at radius 1 is 1.03 bits per heavy atom. The molecule has 2 N–H and O–H groups in total. The van der Waals surface area contributed by atoms with Gasteiger partial charge in [0.2, 0.25) is 0 Å². The van der Waals surface area contributed by atoms with Gasteiger partial charge >= 0.3 is 12.1 Å². The zero-order chi connectivity index (χ0) is 20.5. The van der Waals surface area contributed by atoms with E-state index in [1.54, 1.807) is 0 Å². The van der Waals surface area contributed by atoms with Crippen LogP contribution in [0.5, 0.6) is 0 Å². The van der Waals surface area contributed by atoms with Crippen LogP contribution in [-0.2, 0) is 4.74 Å². The number of hydrogen-bond donors (Lipinski definition) is 2. The van der Waals surface area contributed by atoms with Crippen molar-refractivity contribution in [3.63, 3.8) is 0 Å². The van der Waals surface area contributed by atoms with Gasteiger partial charge in [0.25, 0.3) is 0 Å². The van der Waals surface area contributed by atoms with Gasteiger partial charge in [-0.25, -0.2) is 14.0 Å². The number of rotatable bonds is 4. The predicted octanol–water partition coefficient (Wildman–Crippen LogP) is 5.65. The third kappa shape index (κ3) is 3.61. The lowest BCUT2D eigenvalue weighted by molar-refractivity contribution is 0.0698. The molecule has 1 aliphatic carbocycles. The van der Waals surface area contributed by atoms with Gasteiger partial charge in [0.15, 0.2) is 0 Å². The molecule has 1 amide bonds. The second kappa shape index (κ2) is 7.67. The largest absolute Gasteiger partial charge is 0.478 e. The quantitative estimate of drug-likeness (QED) is 0.532. The summed E-state index contributed by atoms with van der Waals surface area (Å²) in [6, 6.07) is 17.9. The molecule has 0 saturated carbocycles. The van der Waals surface area contributed by atoms with Gasteiger partial charge in [0.1, 0.15) is 12.4 Å². The smallest absolute Gasteiger partial charge is 0.411 e. The average molecular weight is 456 g/mol. The molecule has 3 aromatic rings. The Hall–Kier alpha value is -3.19. The third-order valence-electron chi connectivity index (χ3n) is 4.87. The first kappa shape index (κ1) is 19.1. The van der Waals surface area contributed by atoms with Crippen LogP contribution < -0.4 is 5.32 Å². The maximum atomic E-state index is 13.8. The van der Waals surface area contributed by atoms with Crippen LogP contribution in [0.4, 0.5) is 14.9 Å². The molecule has 0 bridgehead atoms. The summed E-state index contributed by atoms with van der Waals surface area (Å²) in [7, 11) is 0. The molecular weight excluding hydrogens is 441 g/mol. The lowest BCUT2D eigenvalue weighted by Crippen LogP contribution is -2.19. The minimum atomic E-state index is -1.29. The van der Waals surface area contributed by atoms with E-state index in [1.807, 2.05) is 48.5 Å². The van der Waals surface area contributed by atoms with E-state index >= 15 is 0 Å². The molecule has 5 nitrogen and oxygen atoms in total. The highest BCUT2D eigenvalue weighted by Gasteiger charge is 2.29. The monoisotopic (exact) mass is 455 g/mol. The second-order valence-corrected chi connectivity index (χ2v) is 7.42. The minimum absolute atomic E-state index is 0.00649. The molecular formula is C22H15BrFNO4. The number of carbonyl (C=O) groups excluding carboxylic acids is 1. The summed E-state index contributed by atoms with van der Waals surface area (Å²) in [5, 5.41) is 11.6. The van der Waals surface area contributed by atoms with E-state index in [1.165, 1.54) is 0 Å². The predicted molar refractivity (Wildman–Crippen MR) is 110 cm³/mol. The number of amides is 1. The highest BCUT2D eigenvalue weighted by molar-refractivity contribution is 9.10. The van der Waals surface area contributed by atoms with Gasteiger partial charge in [-0.05, 0) is 50.3 Å². The van der Waals surface area contributed by atoms with Crippen molar-refractivity contribution in [3.8, 4) is 11.1 Å². The van der Waals surface area contributed by atoms with Crippen molar-refractivity contribution >= 4 is 33.7 Å². The Bertz CT molecular complexity index is 1090. The number of fused-ring (bicyclic) bond motifs is 3. The molecule has 0 saturated heterocycles. The molecule has 0 heterocycles. The summed E-state index contributed by atoms with van der Waals surface area (Å²) < 4.78 is 19.2. The number of aromatic carboxylic acids is 1. The van der Waals surface area contributed by atoms with Gasteiger partial charge in [-0.2, -0.15) is 0 Å². The highest BCUT2D eigenvalue weighted by atomic mass is 79.9. The van der Waals surface area contributed by atoms with Crippen LogP contribution in [0.15, 0.2) is 65.1 Å². The van der Waals surface area contributed by atoms with Crippen LogP contribution in [0.25, 0.3) is 11.1 Å². The van der Waals surface area contributed by atoms with Gasteiger partial charge < -0.3 is 9.84 Å². The molecule has 0 aliphatic heterocycles. The summed E-state index contributed by atoms with van der Waals surface area (Å²) in [4.78, 5) is 23.7. The summed E-state index contributed by atoms with van der Waals surface area (Å²) in [5.41, 5.74) is 3.90. The second-order valence-electron chi connectivity index (χ2n) is 6.57. The SMILES string of the molecule is O=C(Nc1cc(F)c(Br)cc1C(=O)O)OCC1c2ccccc2-c2ccccc21. The van der Waals surface area contributed by atoms with Gasteiger partial charge in [-0.3, -0.25) is 5.32 Å². The van der Waals surface area contributed by atoms with E-state index in [4.69, 9.17) is 4.74 Å². The highest BCUT2D eigenvalue weighted by Crippen LogP contribution is 2.44. The van der Waals surface area contributed by atoms with Gasteiger partial charge in [0, 0.05) is 5.92 Å². The van der Waals surface area contributed by atoms with E-state index in [-0.39, 0.29) is 28.2 Å². The molecule has 1 aliphatic rings. The molecule has 146 valence electrons. The minimum Gasteiger partial charge on any atom is -0.478 e. The Labute approximate surface area is 174 Å². The summed E-state index contributed by atoms with van der Waals surface area (Å²) in [5.74, 6) is -2.11. The molecule has 0 atom stereocenters. The van der Waals surface area contributed by atoms with Crippen LogP contribution in [-0.4, -0.2) is 23.8 Å². The van der Waals surface area contributed by atoms with Crippen LogP contribution in [0.2, 0.25) is 0 Å². The number of ether oxygens (including phenoxy) is 1. The number of benzene rings is 3. The van der Waals surface area contributed by atoms with Crippen molar-refractivity contribution in [2.45, 2.75) is 5.92 Å². The topological polar surface area (TPSA) is 75.6 Å². The Kier molecular flexibility index (Phi) is 5.07. The number of nitrogens with one attached hydrogen (secondary N) is 1. The molecule has 4 rings (SSSR count). The van der Waals surface area contributed by atoms with Gasteiger partial charge in [0.05, 0.1) is 15.7 Å². The standard InChI is InChI=1S/C22H15BrFNO4/c23-18-9-16(21(26)27)20(10-19(18)24)25-22(28)29-11-17-14-7-3-1-5-12(14)13-6-2-4-8-15(13)17/h1-10,17H,11H2,(H,25,28)(H,26,27). The van der Waals surface area contributed by atoms with Crippen LogP contribution in [0, 0.1) is 5.82 Å². The molecule has 0 spiro atoms. The van der Waals surface area contributed by atoms with Crippen molar-refractivity contribution in [3.05, 3.63) is 87.6 Å². The molecule has 7 heteroatoms. The first-order valence-corrected chi connectivity index (χ1v) is 9.59. The Balaban J connectivity index is 1.53. The number of carbonyl (C=O) groups is 2. The first-order valence-electron chi connectivity index (χ1n) is 8.80. The van der Waals surface area contributed by atoms with Gasteiger partial charge in [-0.15, -0.1) is 0 Å². The molecule has 3 aromatic carbocycles. The van der Waals surface area contributed by atoms with E-state index < -0.39 is 17.9 Å². The zero-order valence-electron chi connectivity index (χ0n) is 15.0. The van der Waals surface area contributed by atoms with Gasteiger partial charge in [-0.1, -0.05) is 48.5 Å². The molecule has 29 heavy (non-hydrogen) atoms. The summed E-state index contributed by atoms with van der Waals surface area (Å²) in [6.07, 6.45) is -0.851. The number of carboxylic acids is 1. The number of carboxylic acid groups (broad SMARTS) is 1. The van der Waals surface area contributed by atoms with Crippen LogP contribution in [0.3, 0.4) is 0 Å². The molecule has 0 aromatic heterocycles. The normalized spacial score (nSPS) is 12.2. The molecule has 0 fully saturated rings. The van der Waals surface area contributed by atoms with E-state index in [0.717, 1.165) is 34.4 Å². The number of hydrogen-bond acceptors (Lipinski definition) is 3. The first-order chi connectivity index (χ1) is 14.0. The maximum absolute atomic E-state index is 13.8. The van der Waals surface area contributed by atoms with Crippen molar-refractivity contribution < 1.29 is 23.8 Å². The van der Waals surface area contributed by atoms with Crippen LogP contribution in [0.1, 0.15) is 27.4 Å². The van der Waals surface area contributed by atoms with Crippen molar-refractivity contribution in [2.75, 3.05) is 11.9 Å². The zero-order valence-corrected chi connectivity index (χ0v) is 16.6. The van der Waals surface area contributed by atoms with Crippen molar-refractivity contribution in [2.24, 2.45) is 0 Å². The van der Waals surface area contributed by atoms with Crippen molar-refractivity contribution in [1.29, 1.82) is 0 Å². The van der Waals surface area contributed by atoms with E-state index in [2.05, 4.69) is 21.2 Å². The van der Waals surface area contributed by atoms with E-state index in [9.17, 15) is 19.1 Å². The van der Waals surface area contributed by atoms with Crippen LogP contribution >= 0.6 is 15.9 Å². The number of anilines is 1. The third-order valence-corrected chi connectivity index (χ3v) is 5.48. The fraction of sp³-hybridized carbons (Fsp3) is 0.0909.